The van der Waals surface area contributed by atoms with Crippen LogP contribution in [0.4, 0.5) is 5.69 Å². The lowest BCUT2D eigenvalue weighted by Crippen LogP contribution is -2.63. The fraction of sp³-hybridized carbons (Fsp3) is 0.647. The molecule has 1 aromatic rings. The van der Waals surface area contributed by atoms with Crippen molar-refractivity contribution in [3.8, 4) is 0 Å². The first-order valence-corrected chi connectivity index (χ1v) is 7.60. The van der Waals surface area contributed by atoms with Gasteiger partial charge >= 0.3 is 0 Å². The number of hydrogen-bond acceptors (Lipinski definition) is 3. The molecule has 2 fully saturated rings. The summed E-state index contributed by atoms with van der Waals surface area (Å²) in [5, 5.41) is 3.73. The van der Waals surface area contributed by atoms with Crippen LogP contribution in [0.1, 0.15) is 25.8 Å². The number of rotatable bonds is 4. The van der Waals surface area contributed by atoms with Gasteiger partial charge in [0.1, 0.15) is 0 Å². The zero-order chi connectivity index (χ0) is 14.3. The van der Waals surface area contributed by atoms with Gasteiger partial charge in [0.05, 0.1) is 6.10 Å². The highest BCUT2D eigenvalue weighted by Gasteiger charge is 2.59. The van der Waals surface area contributed by atoms with Gasteiger partial charge < -0.3 is 15.0 Å². The molecule has 3 atom stereocenters. The Morgan fingerprint density at radius 2 is 1.95 bits per heavy atom. The second kappa shape index (κ2) is 5.05. The summed E-state index contributed by atoms with van der Waals surface area (Å²) in [6.45, 7) is 6.56. The zero-order valence-corrected chi connectivity index (χ0v) is 13.0. The number of nitrogens with one attached hydrogen (secondary N) is 1. The predicted molar refractivity (Wildman–Crippen MR) is 82.9 cm³/mol. The predicted octanol–water partition coefficient (Wildman–Crippen LogP) is 2.97. The molecule has 1 aliphatic carbocycles. The van der Waals surface area contributed by atoms with Gasteiger partial charge in [0.25, 0.3) is 0 Å². The number of ether oxygens (including phenoxy) is 1. The van der Waals surface area contributed by atoms with Gasteiger partial charge in [-0.25, -0.2) is 0 Å². The Balaban J connectivity index is 1.66. The average Bonchev–Trinajstić information content (AvgIpc) is 2.84. The second-order valence-electron chi connectivity index (χ2n) is 7.12. The summed E-state index contributed by atoms with van der Waals surface area (Å²) in [6.07, 6.45) is 1.65. The van der Waals surface area contributed by atoms with Crippen LogP contribution in [-0.2, 0) is 11.3 Å². The molecule has 3 heteroatoms. The van der Waals surface area contributed by atoms with Gasteiger partial charge in [0, 0.05) is 36.2 Å². The van der Waals surface area contributed by atoms with E-state index in [0.717, 1.165) is 13.2 Å². The highest BCUT2D eigenvalue weighted by molar-refractivity contribution is 5.47. The van der Waals surface area contributed by atoms with E-state index in [1.54, 1.807) is 0 Å². The monoisotopic (exact) mass is 274 g/mol. The van der Waals surface area contributed by atoms with Crippen molar-refractivity contribution in [3.05, 3.63) is 29.8 Å². The molecule has 1 saturated heterocycles. The molecule has 2 aliphatic rings. The molecule has 3 nitrogen and oxygen atoms in total. The lowest BCUT2D eigenvalue weighted by atomic mass is 9.57. The maximum atomic E-state index is 5.85. The molecule has 1 saturated carbocycles. The Bertz CT molecular complexity index is 466. The smallest absolute Gasteiger partial charge is 0.0694 e. The van der Waals surface area contributed by atoms with Crippen LogP contribution in [0.2, 0.25) is 0 Å². The minimum absolute atomic E-state index is 0.240. The van der Waals surface area contributed by atoms with Gasteiger partial charge in [-0.1, -0.05) is 26.0 Å². The van der Waals surface area contributed by atoms with E-state index < -0.39 is 0 Å². The minimum Gasteiger partial charge on any atom is -0.381 e. The van der Waals surface area contributed by atoms with Crippen LogP contribution < -0.4 is 5.32 Å². The van der Waals surface area contributed by atoms with Gasteiger partial charge in [-0.05, 0) is 38.2 Å². The molecule has 3 rings (SSSR count). The Morgan fingerprint density at radius 3 is 2.60 bits per heavy atom. The summed E-state index contributed by atoms with van der Waals surface area (Å²) in [7, 11) is 4.20. The van der Waals surface area contributed by atoms with E-state index in [9.17, 15) is 0 Å². The Kier molecular flexibility index (Phi) is 3.51. The fourth-order valence-corrected chi connectivity index (χ4v) is 3.87. The highest BCUT2D eigenvalue weighted by Crippen LogP contribution is 2.53. The lowest BCUT2D eigenvalue weighted by molar-refractivity contribution is -0.0923. The van der Waals surface area contributed by atoms with Crippen LogP contribution in [-0.4, -0.2) is 37.7 Å². The Morgan fingerprint density at radius 1 is 1.25 bits per heavy atom. The van der Waals surface area contributed by atoms with Gasteiger partial charge in [0.2, 0.25) is 0 Å². The maximum Gasteiger partial charge on any atom is 0.0694 e. The van der Waals surface area contributed by atoms with E-state index in [1.807, 2.05) is 0 Å². The van der Waals surface area contributed by atoms with Crippen LogP contribution in [0.25, 0.3) is 0 Å². The fourth-order valence-electron chi connectivity index (χ4n) is 3.87. The summed E-state index contributed by atoms with van der Waals surface area (Å²) in [4.78, 5) is 2.19. The van der Waals surface area contributed by atoms with Gasteiger partial charge in [-0.3, -0.25) is 0 Å². The summed E-state index contributed by atoms with van der Waals surface area (Å²) < 4.78 is 5.85. The van der Waals surface area contributed by atoms with E-state index in [-0.39, 0.29) is 5.41 Å². The molecule has 0 amide bonds. The van der Waals surface area contributed by atoms with Crippen molar-refractivity contribution in [2.24, 2.45) is 11.3 Å². The van der Waals surface area contributed by atoms with E-state index in [4.69, 9.17) is 4.74 Å². The molecule has 1 aromatic carbocycles. The molecule has 20 heavy (non-hydrogen) atoms. The van der Waals surface area contributed by atoms with E-state index in [0.29, 0.717) is 18.1 Å². The van der Waals surface area contributed by atoms with Gasteiger partial charge in [0.15, 0.2) is 0 Å². The molecule has 1 aliphatic heterocycles. The number of benzene rings is 1. The first-order valence-electron chi connectivity index (χ1n) is 7.60. The number of hydrogen-bond donors (Lipinski definition) is 1. The highest BCUT2D eigenvalue weighted by atomic mass is 16.5. The van der Waals surface area contributed by atoms with Crippen molar-refractivity contribution in [3.63, 3.8) is 0 Å². The molecular weight excluding hydrogens is 248 g/mol. The zero-order valence-electron chi connectivity index (χ0n) is 13.0. The Labute approximate surface area is 122 Å². The normalized spacial score (nSPS) is 30.9. The van der Waals surface area contributed by atoms with Crippen LogP contribution in [0.5, 0.6) is 0 Å². The Hall–Kier alpha value is -1.06. The molecule has 0 radical (unpaired) electrons. The largest absolute Gasteiger partial charge is 0.381 e. The third-order valence-corrected chi connectivity index (χ3v) is 4.88. The molecule has 0 spiro atoms. The number of nitrogens with zero attached hydrogens (tertiary/aromatic N) is 1. The van der Waals surface area contributed by atoms with Crippen LogP contribution >= 0.6 is 0 Å². The molecule has 3 unspecified atom stereocenters. The topological polar surface area (TPSA) is 24.5 Å². The van der Waals surface area contributed by atoms with Crippen LogP contribution in [0.15, 0.2) is 24.3 Å². The standard InChI is InChI=1S/C17H26N2O/c1-17(2)15(14-9-10-20-16(14)17)18-13-7-5-12(6-8-13)11-19(3)4/h5-8,14-16,18H,9-11H2,1-4H3. The van der Waals surface area contributed by atoms with Gasteiger partial charge in [-0.2, -0.15) is 0 Å². The van der Waals surface area contributed by atoms with Crippen molar-refractivity contribution >= 4 is 5.69 Å². The maximum absolute atomic E-state index is 5.85. The van der Waals surface area contributed by atoms with Crippen molar-refractivity contribution in [2.75, 3.05) is 26.0 Å². The first-order chi connectivity index (χ1) is 9.48. The number of fused-ring (bicyclic) bond motifs is 1. The molecule has 0 bridgehead atoms. The third kappa shape index (κ3) is 2.33. The SMILES string of the molecule is CN(C)Cc1ccc(NC2C3CCOC3C2(C)C)cc1. The molecule has 1 N–H and O–H groups in total. The van der Waals surface area contributed by atoms with Crippen molar-refractivity contribution in [2.45, 2.75) is 39.0 Å². The summed E-state index contributed by atoms with van der Waals surface area (Å²) in [5.41, 5.74) is 2.83. The van der Waals surface area contributed by atoms with E-state index in [1.165, 1.54) is 17.7 Å². The van der Waals surface area contributed by atoms with Crippen LogP contribution in [0.3, 0.4) is 0 Å². The minimum atomic E-state index is 0.240. The lowest BCUT2D eigenvalue weighted by Gasteiger charge is -2.55. The second-order valence-corrected chi connectivity index (χ2v) is 7.12. The van der Waals surface area contributed by atoms with Gasteiger partial charge in [-0.15, -0.1) is 0 Å². The van der Waals surface area contributed by atoms with E-state index in [2.05, 4.69) is 62.4 Å². The van der Waals surface area contributed by atoms with Crippen molar-refractivity contribution in [1.82, 2.24) is 4.90 Å². The van der Waals surface area contributed by atoms with Crippen LogP contribution in [0, 0.1) is 11.3 Å². The van der Waals surface area contributed by atoms with Crippen molar-refractivity contribution in [1.29, 1.82) is 0 Å². The quantitative estimate of drug-likeness (QED) is 0.913. The molecule has 110 valence electrons. The van der Waals surface area contributed by atoms with E-state index >= 15 is 0 Å². The molecule has 1 heterocycles. The summed E-state index contributed by atoms with van der Waals surface area (Å²) in [5.74, 6) is 0.687. The third-order valence-electron chi connectivity index (χ3n) is 4.88. The first kappa shape index (κ1) is 13.9. The van der Waals surface area contributed by atoms with Crippen molar-refractivity contribution < 1.29 is 4.74 Å². The molecular formula is C17H26N2O. The summed E-state index contributed by atoms with van der Waals surface area (Å²) in [6, 6.07) is 9.39. The summed E-state index contributed by atoms with van der Waals surface area (Å²) >= 11 is 0. The molecule has 0 aromatic heterocycles. The number of anilines is 1. The average molecular weight is 274 g/mol.